The summed E-state index contributed by atoms with van der Waals surface area (Å²) in [4.78, 5) is 2.04. The molecule has 1 heterocycles. The van der Waals surface area contributed by atoms with E-state index >= 15 is 0 Å². The number of benzene rings is 1. The Morgan fingerprint density at radius 2 is 2.18 bits per heavy atom. The molecule has 1 aromatic rings. The van der Waals surface area contributed by atoms with Crippen molar-refractivity contribution in [1.82, 2.24) is 4.90 Å². The summed E-state index contributed by atoms with van der Waals surface area (Å²) in [7, 11) is 0. The second kappa shape index (κ2) is 5.10. The Kier molecular flexibility index (Phi) is 3.74. The molecular formula is C13H17F2NO. The van der Waals surface area contributed by atoms with Crippen LogP contribution >= 0.6 is 0 Å². The summed E-state index contributed by atoms with van der Waals surface area (Å²) in [5.74, 6) is -0.977. The molecule has 1 aliphatic heterocycles. The molecule has 17 heavy (non-hydrogen) atoms. The Bertz CT molecular complexity index is 409. The minimum Gasteiger partial charge on any atom is -0.392 e. The fourth-order valence-corrected chi connectivity index (χ4v) is 2.25. The summed E-state index contributed by atoms with van der Waals surface area (Å²) in [5, 5.41) is 9.58. The third kappa shape index (κ3) is 2.82. The topological polar surface area (TPSA) is 23.5 Å². The molecule has 0 aliphatic carbocycles. The number of halogens is 2. The molecule has 0 saturated heterocycles. The lowest BCUT2D eigenvalue weighted by Crippen LogP contribution is -2.36. The van der Waals surface area contributed by atoms with Crippen LogP contribution in [0.2, 0.25) is 0 Å². The summed E-state index contributed by atoms with van der Waals surface area (Å²) in [6.45, 7) is 3.71. The second-order valence-electron chi connectivity index (χ2n) is 4.57. The van der Waals surface area contributed by atoms with E-state index in [9.17, 15) is 13.9 Å². The van der Waals surface area contributed by atoms with Crippen LogP contribution in [0, 0.1) is 11.6 Å². The Balaban J connectivity index is 2.13. The van der Waals surface area contributed by atoms with Gasteiger partial charge in [0.2, 0.25) is 0 Å². The number of nitrogens with zero attached hydrogens (tertiary/aromatic N) is 1. The van der Waals surface area contributed by atoms with E-state index in [0.717, 1.165) is 6.07 Å². The van der Waals surface area contributed by atoms with Gasteiger partial charge in [0, 0.05) is 25.7 Å². The summed E-state index contributed by atoms with van der Waals surface area (Å²) in [5.41, 5.74) is 1.32. The Hall–Kier alpha value is -1.00. The van der Waals surface area contributed by atoms with Crippen molar-refractivity contribution in [2.75, 3.05) is 13.1 Å². The monoisotopic (exact) mass is 241 g/mol. The number of hydrogen-bond acceptors (Lipinski definition) is 2. The number of aliphatic hydroxyl groups is 1. The van der Waals surface area contributed by atoms with Gasteiger partial charge in [-0.15, -0.1) is 0 Å². The van der Waals surface area contributed by atoms with Gasteiger partial charge >= 0.3 is 0 Å². The summed E-state index contributed by atoms with van der Waals surface area (Å²) >= 11 is 0. The van der Waals surface area contributed by atoms with Crippen molar-refractivity contribution in [3.63, 3.8) is 0 Å². The molecule has 0 spiro atoms. The van der Waals surface area contributed by atoms with E-state index in [-0.39, 0.29) is 6.10 Å². The van der Waals surface area contributed by atoms with Gasteiger partial charge in [0.15, 0.2) is 0 Å². The standard InChI is InChI=1S/C13H17F2NO/c1-2-11(17)8-16-4-3-12-9(7-16)5-10(14)6-13(12)15/h5-6,11,17H,2-4,7-8H2,1H3/t11-/m1/s1. The Morgan fingerprint density at radius 1 is 1.41 bits per heavy atom. The first kappa shape index (κ1) is 12.5. The summed E-state index contributed by atoms with van der Waals surface area (Å²) < 4.78 is 26.6. The van der Waals surface area contributed by atoms with Crippen LogP contribution < -0.4 is 0 Å². The van der Waals surface area contributed by atoms with Crippen LogP contribution in [0.4, 0.5) is 8.78 Å². The van der Waals surface area contributed by atoms with Crippen molar-refractivity contribution in [1.29, 1.82) is 0 Å². The molecular weight excluding hydrogens is 224 g/mol. The molecule has 0 radical (unpaired) electrons. The highest BCUT2D eigenvalue weighted by Gasteiger charge is 2.21. The SMILES string of the molecule is CC[C@@H](O)CN1CCc2c(F)cc(F)cc2C1. The lowest BCUT2D eigenvalue weighted by Gasteiger charge is -2.30. The van der Waals surface area contributed by atoms with Gasteiger partial charge < -0.3 is 5.11 Å². The highest BCUT2D eigenvalue weighted by Crippen LogP contribution is 2.23. The van der Waals surface area contributed by atoms with Gasteiger partial charge in [-0.3, -0.25) is 4.90 Å². The number of aliphatic hydroxyl groups excluding tert-OH is 1. The largest absolute Gasteiger partial charge is 0.392 e. The number of rotatable bonds is 3. The zero-order chi connectivity index (χ0) is 12.4. The van der Waals surface area contributed by atoms with Crippen LogP contribution in [0.25, 0.3) is 0 Å². The first-order valence-corrected chi connectivity index (χ1v) is 5.97. The van der Waals surface area contributed by atoms with E-state index in [1.54, 1.807) is 0 Å². The van der Waals surface area contributed by atoms with E-state index in [2.05, 4.69) is 0 Å². The average Bonchev–Trinajstić information content (AvgIpc) is 2.28. The molecule has 1 aliphatic rings. The van der Waals surface area contributed by atoms with Crippen molar-refractivity contribution in [3.05, 3.63) is 34.9 Å². The van der Waals surface area contributed by atoms with Crippen molar-refractivity contribution in [2.24, 2.45) is 0 Å². The first-order valence-electron chi connectivity index (χ1n) is 5.97. The molecule has 1 aromatic carbocycles. The minimum absolute atomic E-state index is 0.366. The van der Waals surface area contributed by atoms with Crippen LogP contribution in [0.5, 0.6) is 0 Å². The predicted octanol–water partition coefficient (Wildman–Crippen LogP) is 2.09. The molecule has 94 valence electrons. The molecule has 0 bridgehead atoms. The van der Waals surface area contributed by atoms with E-state index in [1.807, 2.05) is 11.8 Å². The zero-order valence-corrected chi connectivity index (χ0v) is 9.92. The Labute approximate surface area is 99.9 Å². The number of fused-ring (bicyclic) bond motifs is 1. The first-order chi connectivity index (χ1) is 8.10. The van der Waals surface area contributed by atoms with Crippen LogP contribution in [0.1, 0.15) is 24.5 Å². The van der Waals surface area contributed by atoms with Crippen molar-refractivity contribution >= 4 is 0 Å². The van der Waals surface area contributed by atoms with Gasteiger partial charge in [0.05, 0.1) is 6.10 Å². The molecule has 0 aromatic heterocycles. The minimum atomic E-state index is -0.529. The molecule has 2 rings (SSSR count). The van der Waals surface area contributed by atoms with E-state index < -0.39 is 11.6 Å². The lowest BCUT2D eigenvalue weighted by molar-refractivity contribution is 0.102. The Morgan fingerprint density at radius 3 is 2.88 bits per heavy atom. The molecule has 0 fully saturated rings. The zero-order valence-electron chi connectivity index (χ0n) is 9.92. The normalized spacial score (nSPS) is 17.9. The van der Waals surface area contributed by atoms with Crippen LogP contribution in [-0.4, -0.2) is 29.2 Å². The van der Waals surface area contributed by atoms with Crippen molar-refractivity contribution < 1.29 is 13.9 Å². The highest BCUT2D eigenvalue weighted by atomic mass is 19.1. The lowest BCUT2D eigenvalue weighted by atomic mass is 9.98. The van der Waals surface area contributed by atoms with Crippen LogP contribution in [0.3, 0.4) is 0 Å². The maximum absolute atomic E-state index is 13.5. The molecule has 0 amide bonds. The fraction of sp³-hybridized carbons (Fsp3) is 0.538. The van der Waals surface area contributed by atoms with E-state index in [4.69, 9.17) is 0 Å². The van der Waals surface area contributed by atoms with Crippen LogP contribution in [-0.2, 0) is 13.0 Å². The maximum atomic E-state index is 13.5. The molecule has 1 N–H and O–H groups in total. The van der Waals surface area contributed by atoms with Crippen molar-refractivity contribution in [2.45, 2.75) is 32.4 Å². The van der Waals surface area contributed by atoms with E-state index in [1.165, 1.54) is 6.07 Å². The van der Waals surface area contributed by atoms with Crippen molar-refractivity contribution in [3.8, 4) is 0 Å². The van der Waals surface area contributed by atoms with Gasteiger partial charge in [-0.05, 0) is 30.0 Å². The third-order valence-electron chi connectivity index (χ3n) is 3.26. The molecule has 1 atom stereocenters. The number of β-amino-alcohol motifs (C(OH)–C–C–N with tert-alkyl or cyclic N) is 1. The molecule has 2 nitrogen and oxygen atoms in total. The highest BCUT2D eigenvalue weighted by molar-refractivity contribution is 5.31. The average molecular weight is 241 g/mol. The quantitative estimate of drug-likeness (QED) is 0.876. The summed E-state index contributed by atoms with van der Waals surface area (Å²) in [6.07, 6.45) is 0.911. The predicted molar refractivity (Wildman–Crippen MR) is 61.6 cm³/mol. The van der Waals surface area contributed by atoms with Gasteiger partial charge in [-0.25, -0.2) is 8.78 Å². The van der Waals surface area contributed by atoms with Crippen LogP contribution in [0.15, 0.2) is 12.1 Å². The number of hydrogen-bond donors (Lipinski definition) is 1. The smallest absolute Gasteiger partial charge is 0.129 e. The van der Waals surface area contributed by atoms with Gasteiger partial charge in [-0.2, -0.15) is 0 Å². The molecule has 0 saturated carbocycles. The maximum Gasteiger partial charge on any atom is 0.129 e. The van der Waals surface area contributed by atoms with Gasteiger partial charge in [0.25, 0.3) is 0 Å². The molecule has 4 heteroatoms. The molecule has 0 unspecified atom stereocenters. The third-order valence-corrected chi connectivity index (χ3v) is 3.26. The van der Waals surface area contributed by atoms with Gasteiger partial charge in [-0.1, -0.05) is 6.92 Å². The van der Waals surface area contributed by atoms with Gasteiger partial charge in [0.1, 0.15) is 11.6 Å². The second-order valence-corrected chi connectivity index (χ2v) is 4.57. The van der Waals surface area contributed by atoms with E-state index in [0.29, 0.717) is 43.6 Å². The fourth-order valence-electron chi connectivity index (χ4n) is 2.25. The summed E-state index contributed by atoms with van der Waals surface area (Å²) in [6, 6.07) is 2.33.